The lowest BCUT2D eigenvalue weighted by Gasteiger charge is -2.03. The van der Waals surface area contributed by atoms with Crippen molar-refractivity contribution >= 4 is 17.2 Å². The second-order valence-corrected chi connectivity index (χ2v) is 5.89. The Morgan fingerprint density at radius 1 is 1.05 bits per heavy atom. The maximum Gasteiger partial charge on any atom is 0.183 e. The molecule has 4 heteroatoms. The van der Waals surface area contributed by atoms with Crippen molar-refractivity contribution < 1.29 is 0 Å². The molecule has 0 bridgehead atoms. The summed E-state index contributed by atoms with van der Waals surface area (Å²) in [5, 5.41) is 8.98. The van der Waals surface area contributed by atoms with E-state index < -0.39 is 0 Å². The number of benzene rings is 1. The van der Waals surface area contributed by atoms with Crippen molar-refractivity contribution in [2.24, 2.45) is 10.2 Å². The Morgan fingerprint density at radius 2 is 1.86 bits per heavy atom. The van der Waals surface area contributed by atoms with Crippen molar-refractivity contribution in [2.75, 3.05) is 0 Å². The summed E-state index contributed by atoms with van der Waals surface area (Å²) in [5.41, 5.74) is 5.08. The van der Waals surface area contributed by atoms with Crippen LogP contribution in [0.1, 0.15) is 36.6 Å². The molecule has 3 rings (SSSR count). The van der Waals surface area contributed by atoms with Crippen molar-refractivity contribution in [1.82, 2.24) is 9.38 Å². The number of rotatable bonds is 3. The molecule has 0 unspecified atom stereocenters. The van der Waals surface area contributed by atoms with Crippen LogP contribution in [-0.4, -0.2) is 9.38 Å². The van der Waals surface area contributed by atoms with Crippen LogP contribution in [0, 0.1) is 13.8 Å². The van der Waals surface area contributed by atoms with Gasteiger partial charge in [-0.2, -0.15) is 0 Å². The van der Waals surface area contributed by atoms with E-state index in [1.54, 1.807) is 0 Å². The Morgan fingerprint density at radius 3 is 2.64 bits per heavy atom. The molecule has 0 saturated heterocycles. The lowest BCUT2D eigenvalue weighted by atomic mass is 10.1. The number of hydrogen-bond donors (Lipinski definition) is 0. The van der Waals surface area contributed by atoms with Gasteiger partial charge >= 0.3 is 0 Å². The van der Waals surface area contributed by atoms with E-state index in [2.05, 4.69) is 54.2 Å². The first-order valence-corrected chi connectivity index (χ1v) is 7.52. The standard InChI is InChI=1S/C18H20N4/c1-12(2)17-18(22-10-6-5-7-16(22)19-17)21-20-15-11-13(3)8-9-14(15)4/h5-12H,1-4H3. The lowest BCUT2D eigenvalue weighted by molar-refractivity contribution is 0.831. The van der Waals surface area contributed by atoms with Crippen LogP contribution in [-0.2, 0) is 0 Å². The number of imidazole rings is 1. The molecule has 2 heterocycles. The summed E-state index contributed by atoms with van der Waals surface area (Å²) < 4.78 is 1.99. The van der Waals surface area contributed by atoms with E-state index >= 15 is 0 Å². The summed E-state index contributed by atoms with van der Waals surface area (Å²) in [4.78, 5) is 4.67. The van der Waals surface area contributed by atoms with Gasteiger partial charge in [-0.15, -0.1) is 10.2 Å². The number of fused-ring (bicyclic) bond motifs is 1. The first-order chi connectivity index (χ1) is 10.6. The summed E-state index contributed by atoms with van der Waals surface area (Å²) in [7, 11) is 0. The van der Waals surface area contributed by atoms with Gasteiger partial charge in [-0.3, -0.25) is 4.40 Å². The zero-order chi connectivity index (χ0) is 15.7. The van der Waals surface area contributed by atoms with Gasteiger partial charge in [0.25, 0.3) is 0 Å². The molecule has 0 aliphatic carbocycles. The number of aromatic nitrogens is 2. The highest BCUT2D eigenvalue weighted by Crippen LogP contribution is 2.30. The molecule has 4 nitrogen and oxygen atoms in total. The van der Waals surface area contributed by atoms with Gasteiger partial charge in [0.05, 0.1) is 11.4 Å². The fourth-order valence-electron chi connectivity index (χ4n) is 2.42. The van der Waals surface area contributed by atoms with Crippen molar-refractivity contribution in [3.05, 3.63) is 59.4 Å². The lowest BCUT2D eigenvalue weighted by Crippen LogP contribution is -1.87. The van der Waals surface area contributed by atoms with Crippen LogP contribution in [0.3, 0.4) is 0 Å². The van der Waals surface area contributed by atoms with Crippen molar-refractivity contribution in [3.8, 4) is 0 Å². The van der Waals surface area contributed by atoms with Crippen LogP contribution >= 0.6 is 0 Å². The number of aryl methyl sites for hydroxylation is 2. The highest BCUT2D eigenvalue weighted by atomic mass is 15.2. The van der Waals surface area contributed by atoms with Crippen LogP contribution in [0.4, 0.5) is 11.5 Å². The number of nitrogens with zero attached hydrogens (tertiary/aromatic N) is 4. The fraction of sp³-hybridized carbons (Fsp3) is 0.278. The van der Waals surface area contributed by atoms with Crippen molar-refractivity contribution in [3.63, 3.8) is 0 Å². The summed E-state index contributed by atoms with van der Waals surface area (Å²) in [6.07, 6.45) is 1.98. The van der Waals surface area contributed by atoms with Crippen LogP contribution in [0.15, 0.2) is 52.8 Å². The maximum atomic E-state index is 4.67. The van der Waals surface area contributed by atoms with Crippen molar-refractivity contribution in [2.45, 2.75) is 33.6 Å². The highest BCUT2D eigenvalue weighted by Gasteiger charge is 2.14. The molecule has 22 heavy (non-hydrogen) atoms. The smallest absolute Gasteiger partial charge is 0.183 e. The monoisotopic (exact) mass is 292 g/mol. The largest absolute Gasteiger partial charge is 0.283 e. The Bertz CT molecular complexity index is 843. The molecule has 0 amide bonds. The third-order valence-corrected chi connectivity index (χ3v) is 3.69. The van der Waals surface area contributed by atoms with Gasteiger partial charge in [0.2, 0.25) is 0 Å². The highest BCUT2D eigenvalue weighted by molar-refractivity contribution is 5.54. The minimum atomic E-state index is 0.299. The summed E-state index contributed by atoms with van der Waals surface area (Å²) >= 11 is 0. The van der Waals surface area contributed by atoms with Gasteiger partial charge in [-0.1, -0.05) is 32.0 Å². The third-order valence-electron chi connectivity index (χ3n) is 3.69. The second kappa shape index (κ2) is 5.72. The van der Waals surface area contributed by atoms with Crippen LogP contribution < -0.4 is 0 Å². The third kappa shape index (κ3) is 2.64. The summed E-state index contributed by atoms with van der Waals surface area (Å²) in [6.45, 7) is 8.36. The van der Waals surface area contributed by atoms with Crippen LogP contribution in [0.2, 0.25) is 0 Å². The van der Waals surface area contributed by atoms with E-state index in [0.29, 0.717) is 5.92 Å². The quantitative estimate of drug-likeness (QED) is 0.588. The fourth-order valence-corrected chi connectivity index (χ4v) is 2.42. The Hall–Kier alpha value is -2.49. The molecular weight excluding hydrogens is 272 g/mol. The molecule has 3 aromatic rings. The van der Waals surface area contributed by atoms with Gasteiger partial charge in [0, 0.05) is 6.20 Å². The Labute approximate surface area is 130 Å². The summed E-state index contributed by atoms with van der Waals surface area (Å²) in [5.74, 6) is 1.11. The average Bonchev–Trinajstić information content (AvgIpc) is 2.87. The van der Waals surface area contributed by atoms with Crippen LogP contribution in [0.25, 0.3) is 5.65 Å². The maximum absolute atomic E-state index is 4.67. The van der Waals surface area contributed by atoms with Crippen LogP contribution in [0.5, 0.6) is 0 Å². The van der Waals surface area contributed by atoms with Crippen molar-refractivity contribution in [1.29, 1.82) is 0 Å². The first-order valence-electron chi connectivity index (χ1n) is 7.52. The number of hydrogen-bond acceptors (Lipinski definition) is 3. The van der Waals surface area contributed by atoms with E-state index in [-0.39, 0.29) is 0 Å². The zero-order valence-corrected chi connectivity index (χ0v) is 13.4. The van der Waals surface area contributed by atoms with Gasteiger partial charge in [0.15, 0.2) is 5.82 Å². The normalized spacial score (nSPS) is 11.9. The Balaban J connectivity index is 2.11. The van der Waals surface area contributed by atoms with E-state index in [0.717, 1.165) is 28.4 Å². The Kier molecular flexibility index (Phi) is 3.75. The molecule has 0 N–H and O–H groups in total. The van der Waals surface area contributed by atoms with Gasteiger partial charge < -0.3 is 0 Å². The number of pyridine rings is 1. The van der Waals surface area contributed by atoms with E-state index in [1.165, 1.54) is 5.56 Å². The predicted octanol–water partition coefficient (Wildman–Crippen LogP) is 5.49. The van der Waals surface area contributed by atoms with Gasteiger partial charge in [-0.05, 0) is 49.1 Å². The minimum absolute atomic E-state index is 0.299. The molecular formula is C18H20N4. The molecule has 0 radical (unpaired) electrons. The minimum Gasteiger partial charge on any atom is -0.283 e. The van der Waals surface area contributed by atoms with E-state index in [9.17, 15) is 0 Å². The molecule has 0 fully saturated rings. The van der Waals surface area contributed by atoms with Gasteiger partial charge in [-0.25, -0.2) is 4.98 Å². The zero-order valence-electron chi connectivity index (χ0n) is 13.4. The number of azo groups is 1. The molecule has 1 aromatic carbocycles. The first kappa shape index (κ1) is 14.4. The predicted molar refractivity (Wildman–Crippen MR) is 89.4 cm³/mol. The topological polar surface area (TPSA) is 42.0 Å². The molecule has 0 aliphatic rings. The molecule has 0 atom stereocenters. The second-order valence-electron chi connectivity index (χ2n) is 5.89. The molecule has 0 saturated carbocycles. The molecule has 0 aliphatic heterocycles. The molecule has 0 spiro atoms. The van der Waals surface area contributed by atoms with E-state index in [1.807, 2.05) is 35.7 Å². The molecule has 2 aromatic heterocycles. The SMILES string of the molecule is Cc1ccc(C)c(N=Nc2c(C(C)C)nc3ccccn23)c1. The molecule has 112 valence electrons. The average molecular weight is 292 g/mol. The summed E-state index contributed by atoms with van der Waals surface area (Å²) in [6, 6.07) is 12.2. The van der Waals surface area contributed by atoms with E-state index in [4.69, 9.17) is 0 Å². The van der Waals surface area contributed by atoms with Gasteiger partial charge in [0.1, 0.15) is 5.65 Å².